The van der Waals surface area contributed by atoms with Gasteiger partial charge in [0, 0.05) is 11.1 Å². The van der Waals surface area contributed by atoms with Crippen LogP contribution < -0.4 is 11.1 Å². The van der Waals surface area contributed by atoms with Crippen molar-refractivity contribution in [3.63, 3.8) is 0 Å². The fourth-order valence-electron chi connectivity index (χ4n) is 2.10. The number of amides is 2. The molecule has 0 radical (unpaired) electrons. The van der Waals surface area contributed by atoms with Crippen LogP contribution in [0.3, 0.4) is 0 Å². The van der Waals surface area contributed by atoms with E-state index >= 15 is 0 Å². The first kappa shape index (κ1) is 19.0. The summed E-state index contributed by atoms with van der Waals surface area (Å²) < 4.78 is 0. The number of amidine groups is 1. The fraction of sp³-hybridized carbons (Fsp3) is 0.0526. The maximum atomic E-state index is 12.2. The minimum Gasteiger partial charge on any atom is -0.512 e. The zero-order valence-corrected chi connectivity index (χ0v) is 14.8. The van der Waals surface area contributed by atoms with Gasteiger partial charge in [0.25, 0.3) is 11.8 Å². The number of nitrogens with zero attached hydrogens (tertiary/aromatic N) is 1. The van der Waals surface area contributed by atoms with Gasteiger partial charge in [0.15, 0.2) is 0 Å². The highest BCUT2D eigenvalue weighted by atomic mass is 32.1. The summed E-state index contributed by atoms with van der Waals surface area (Å²) in [7, 11) is 0. The Morgan fingerprint density at radius 3 is 2.00 bits per heavy atom. The number of carbonyl (C=O) groups is 2. The number of allylic oxidation sites excluding steroid dienone is 1. The molecule has 7 heteroatoms. The van der Waals surface area contributed by atoms with Crippen LogP contribution in [-0.2, 0) is 0 Å². The maximum Gasteiger partial charge on any atom is 0.278 e. The van der Waals surface area contributed by atoms with Crippen molar-refractivity contribution in [1.29, 1.82) is 0 Å². The van der Waals surface area contributed by atoms with Crippen LogP contribution in [0.2, 0.25) is 0 Å². The Bertz CT molecular complexity index is 887. The lowest BCUT2D eigenvalue weighted by atomic mass is 10.1. The van der Waals surface area contributed by atoms with E-state index in [2.05, 4.69) is 10.3 Å². The molecule has 0 aliphatic carbocycles. The zero-order valence-electron chi connectivity index (χ0n) is 14.0. The van der Waals surface area contributed by atoms with E-state index in [1.165, 1.54) is 6.92 Å². The smallest absolute Gasteiger partial charge is 0.278 e. The molecule has 0 saturated carbocycles. The van der Waals surface area contributed by atoms with Crippen molar-refractivity contribution in [1.82, 2.24) is 5.32 Å². The molecule has 26 heavy (non-hydrogen) atoms. The molecule has 2 aromatic rings. The summed E-state index contributed by atoms with van der Waals surface area (Å²) in [5.74, 6) is -1.58. The van der Waals surface area contributed by atoms with Crippen molar-refractivity contribution in [2.45, 2.75) is 6.92 Å². The molecule has 2 amide bonds. The number of hydrogen-bond donors (Lipinski definition) is 3. The lowest BCUT2D eigenvalue weighted by molar-refractivity contribution is 0.0976. The molecule has 132 valence electrons. The second-order valence-corrected chi connectivity index (χ2v) is 5.69. The Balaban J connectivity index is 2.21. The highest BCUT2D eigenvalue weighted by Crippen LogP contribution is 2.08. The number of nitrogens with one attached hydrogen (secondary N) is 1. The molecule has 0 atom stereocenters. The largest absolute Gasteiger partial charge is 0.512 e. The van der Waals surface area contributed by atoms with E-state index in [9.17, 15) is 14.7 Å². The molecule has 0 saturated heterocycles. The summed E-state index contributed by atoms with van der Waals surface area (Å²) in [6, 6.07) is 16.7. The Morgan fingerprint density at radius 2 is 1.50 bits per heavy atom. The predicted octanol–water partition coefficient (Wildman–Crippen LogP) is 2.77. The van der Waals surface area contributed by atoms with Gasteiger partial charge in [0.2, 0.25) is 0 Å². The first-order valence-corrected chi connectivity index (χ1v) is 8.05. The summed E-state index contributed by atoms with van der Waals surface area (Å²) in [6.45, 7) is 1.34. The van der Waals surface area contributed by atoms with Gasteiger partial charge in [-0.05, 0) is 31.2 Å². The second-order valence-electron chi connectivity index (χ2n) is 5.28. The van der Waals surface area contributed by atoms with Gasteiger partial charge < -0.3 is 16.2 Å². The van der Waals surface area contributed by atoms with Crippen LogP contribution in [0.4, 0.5) is 0 Å². The summed E-state index contributed by atoms with van der Waals surface area (Å²) in [4.78, 5) is 28.0. The Hall–Kier alpha value is -3.32. The Kier molecular flexibility index (Phi) is 6.35. The quantitative estimate of drug-likeness (QED) is 0.253. The third-order valence-corrected chi connectivity index (χ3v) is 3.66. The average molecular weight is 367 g/mol. The minimum absolute atomic E-state index is 0.0754. The van der Waals surface area contributed by atoms with Crippen LogP contribution in [0.15, 0.2) is 77.0 Å². The third-order valence-electron chi connectivity index (χ3n) is 3.35. The number of rotatable bonds is 4. The summed E-state index contributed by atoms with van der Waals surface area (Å²) in [5.41, 5.74) is 6.50. The lowest BCUT2D eigenvalue weighted by Crippen LogP contribution is -2.35. The molecule has 0 aliphatic heterocycles. The molecule has 0 bridgehead atoms. The van der Waals surface area contributed by atoms with Crippen LogP contribution >= 0.6 is 12.2 Å². The SMILES string of the molecule is CC(O)=C(C(=S)NC(=O)c1ccccc1)C(N)=NC(=O)c1ccccc1. The van der Waals surface area contributed by atoms with E-state index in [1.807, 2.05) is 0 Å². The molecule has 0 unspecified atom stereocenters. The summed E-state index contributed by atoms with van der Waals surface area (Å²) in [5, 5.41) is 12.4. The van der Waals surface area contributed by atoms with Crippen LogP contribution in [0.5, 0.6) is 0 Å². The van der Waals surface area contributed by atoms with E-state index in [1.54, 1.807) is 60.7 Å². The molecule has 6 nitrogen and oxygen atoms in total. The molecule has 4 N–H and O–H groups in total. The number of hydrogen-bond acceptors (Lipinski definition) is 4. The van der Waals surface area contributed by atoms with Gasteiger partial charge in [0.1, 0.15) is 16.6 Å². The van der Waals surface area contributed by atoms with Gasteiger partial charge in [-0.3, -0.25) is 9.59 Å². The number of aliphatic imine (C=N–C) groups is 1. The zero-order chi connectivity index (χ0) is 19.1. The number of thiocarbonyl (C=S) groups is 1. The van der Waals surface area contributed by atoms with E-state index < -0.39 is 11.8 Å². The lowest BCUT2D eigenvalue weighted by Gasteiger charge is -2.11. The number of aliphatic hydroxyl groups excluding tert-OH is 1. The number of benzene rings is 2. The van der Waals surface area contributed by atoms with Gasteiger partial charge in [-0.15, -0.1) is 0 Å². The van der Waals surface area contributed by atoms with Crippen LogP contribution in [0, 0.1) is 0 Å². The normalized spacial score (nSPS) is 12.1. The molecular formula is C19H17N3O3S. The van der Waals surface area contributed by atoms with E-state index in [0.717, 1.165) is 0 Å². The van der Waals surface area contributed by atoms with Crippen molar-refractivity contribution in [3.05, 3.63) is 83.1 Å². The van der Waals surface area contributed by atoms with Crippen molar-refractivity contribution in [3.8, 4) is 0 Å². The first-order valence-electron chi connectivity index (χ1n) is 7.64. The predicted molar refractivity (Wildman–Crippen MR) is 104 cm³/mol. The van der Waals surface area contributed by atoms with Crippen molar-refractivity contribution < 1.29 is 14.7 Å². The summed E-state index contributed by atoms with van der Waals surface area (Å²) >= 11 is 5.15. The Morgan fingerprint density at radius 1 is 1.00 bits per heavy atom. The maximum absolute atomic E-state index is 12.2. The monoisotopic (exact) mass is 367 g/mol. The molecule has 0 aromatic heterocycles. The highest BCUT2D eigenvalue weighted by Gasteiger charge is 2.18. The highest BCUT2D eigenvalue weighted by molar-refractivity contribution is 7.81. The fourth-order valence-corrected chi connectivity index (χ4v) is 2.45. The van der Waals surface area contributed by atoms with Gasteiger partial charge in [-0.25, -0.2) is 0 Å². The molecule has 0 spiro atoms. The summed E-state index contributed by atoms with van der Waals surface area (Å²) in [6.07, 6.45) is 0. The molecule has 2 rings (SSSR count). The number of nitrogens with two attached hydrogens (primary N) is 1. The number of carbonyl (C=O) groups excluding carboxylic acids is 2. The topological polar surface area (TPSA) is 105 Å². The van der Waals surface area contributed by atoms with Crippen LogP contribution in [0.1, 0.15) is 27.6 Å². The van der Waals surface area contributed by atoms with E-state index in [-0.39, 0.29) is 22.2 Å². The van der Waals surface area contributed by atoms with Crippen LogP contribution in [-0.4, -0.2) is 27.7 Å². The second kappa shape index (κ2) is 8.68. The molecule has 0 heterocycles. The molecule has 0 aliphatic rings. The first-order chi connectivity index (χ1) is 12.4. The van der Waals surface area contributed by atoms with Crippen molar-refractivity contribution in [2.75, 3.05) is 0 Å². The molecular weight excluding hydrogens is 350 g/mol. The molecule has 2 aromatic carbocycles. The van der Waals surface area contributed by atoms with Crippen molar-refractivity contribution >= 4 is 34.9 Å². The van der Waals surface area contributed by atoms with E-state index in [4.69, 9.17) is 18.0 Å². The Labute approximate surface area is 156 Å². The van der Waals surface area contributed by atoms with Gasteiger partial charge in [-0.2, -0.15) is 4.99 Å². The third kappa shape index (κ3) is 4.84. The van der Waals surface area contributed by atoms with Crippen LogP contribution in [0.25, 0.3) is 0 Å². The van der Waals surface area contributed by atoms with Crippen molar-refractivity contribution in [2.24, 2.45) is 10.7 Å². The average Bonchev–Trinajstić information content (AvgIpc) is 2.62. The van der Waals surface area contributed by atoms with Gasteiger partial charge >= 0.3 is 0 Å². The van der Waals surface area contributed by atoms with E-state index in [0.29, 0.717) is 11.1 Å². The standard InChI is InChI=1S/C19H17N3O3S/c1-12(23)15(16(20)21-17(24)13-8-4-2-5-9-13)19(26)22-18(25)14-10-6-3-7-11-14/h2-11,23H,1H3,(H2,20,21,24)(H,22,25,26). The molecule has 0 fully saturated rings. The van der Waals surface area contributed by atoms with Gasteiger partial charge in [-0.1, -0.05) is 48.6 Å². The van der Waals surface area contributed by atoms with Gasteiger partial charge in [0.05, 0.1) is 5.57 Å². The number of aliphatic hydroxyl groups is 1. The minimum atomic E-state index is -0.584.